The summed E-state index contributed by atoms with van der Waals surface area (Å²) < 4.78 is 19.2. The number of hydrogen-bond acceptors (Lipinski definition) is 3. The SMILES string of the molecule is CC(CC(=O)O)P1(=O)Oc2ccccc2-c2ccccc21. The normalized spacial score (nSPS) is 20.8. The Morgan fingerprint density at radius 2 is 1.76 bits per heavy atom. The molecule has 3 rings (SSSR count). The van der Waals surface area contributed by atoms with Gasteiger partial charge in [-0.2, -0.15) is 0 Å². The molecule has 1 aliphatic rings. The van der Waals surface area contributed by atoms with Crippen LogP contribution in [-0.2, 0) is 9.36 Å². The lowest BCUT2D eigenvalue weighted by Gasteiger charge is -2.31. The van der Waals surface area contributed by atoms with E-state index in [0.29, 0.717) is 11.1 Å². The van der Waals surface area contributed by atoms with E-state index in [1.807, 2.05) is 30.3 Å². The van der Waals surface area contributed by atoms with Crippen molar-refractivity contribution >= 4 is 18.6 Å². The highest BCUT2D eigenvalue weighted by atomic mass is 31.2. The summed E-state index contributed by atoms with van der Waals surface area (Å²) in [7, 11) is -3.26. The van der Waals surface area contributed by atoms with Crippen molar-refractivity contribution in [1.82, 2.24) is 0 Å². The Labute approximate surface area is 122 Å². The summed E-state index contributed by atoms with van der Waals surface area (Å²) in [5.41, 5.74) is 1.17. The molecule has 0 amide bonds. The van der Waals surface area contributed by atoms with Gasteiger partial charge in [0.25, 0.3) is 7.37 Å². The maximum Gasteiger partial charge on any atom is 0.304 e. The monoisotopic (exact) mass is 302 g/mol. The first kappa shape index (κ1) is 13.9. The molecule has 108 valence electrons. The number of carbonyl (C=O) groups is 1. The lowest BCUT2D eigenvalue weighted by molar-refractivity contribution is -0.136. The Bertz CT molecular complexity index is 753. The summed E-state index contributed by atoms with van der Waals surface area (Å²) in [5, 5.41) is 9.60. The molecule has 0 aromatic heterocycles. The summed E-state index contributed by atoms with van der Waals surface area (Å²) >= 11 is 0. The van der Waals surface area contributed by atoms with Gasteiger partial charge in [0, 0.05) is 5.56 Å². The molecular formula is C16H15O4P. The number of benzene rings is 2. The summed E-state index contributed by atoms with van der Waals surface area (Å²) in [4.78, 5) is 11.0. The molecule has 2 aromatic carbocycles. The number of rotatable bonds is 3. The van der Waals surface area contributed by atoms with Crippen LogP contribution in [0.4, 0.5) is 0 Å². The highest BCUT2D eigenvalue weighted by Crippen LogP contribution is 2.58. The molecule has 0 fully saturated rings. The van der Waals surface area contributed by atoms with E-state index < -0.39 is 19.0 Å². The number of fused-ring (bicyclic) bond motifs is 3. The molecule has 2 aromatic rings. The van der Waals surface area contributed by atoms with Gasteiger partial charge in [-0.3, -0.25) is 9.36 Å². The number of carboxylic acid groups (broad SMARTS) is 1. The highest BCUT2D eigenvalue weighted by molar-refractivity contribution is 7.68. The Balaban J connectivity index is 2.18. The van der Waals surface area contributed by atoms with E-state index in [1.165, 1.54) is 0 Å². The Kier molecular flexibility index (Phi) is 3.34. The second-order valence-corrected chi connectivity index (χ2v) is 7.89. The van der Waals surface area contributed by atoms with E-state index in [2.05, 4.69) is 0 Å². The maximum atomic E-state index is 13.4. The molecule has 0 saturated carbocycles. The maximum absolute atomic E-state index is 13.4. The van der Waals surface area contributed by atoms with Crippen LogP contribution in [0, 0.1) is 0 Å². The van der Waals surface area contributed by atoms with Crippen molar-refractivity contribution in [3.05, 3.63) is 48.5 Å². The van der Waals surface area contributed by atoms with Crippen LogP contribution in [0.2, 0.25) is 0 Å². The van der Waals surface area contributed by atoms with Crippen molar-refractivity contribution in [2.45, 2.75) is 19.0 Å². The second kappa shape index (κ2) is 5.05. The third-order valence-electron chi connectivity index (χ3n) is 3.70. The second-order valence-electron chi connectivity index (χ2n) is 5.15. The van der Waals surface area contributed by atoms with Crippen LogP contribution in [0.3, 0.4) is 0 Å². The fourth-order valence-electron chi connectivity index (χ4n) is 2.64. The predicted molar refractivity (Wildman–Crippen MR) is 81.5 cm³/mol. The van der Waals surface area contributed by atoms with E-state index in [0.717, 1.165) is 11.1 Å². The van der Waals surface area contributed by atoms with Crippen LogP contribution < -0.4 is 9.83 Å². The minimum absolute atomic E-state index is 0.187. The fraction of sp³-hybridized carbons (Fsp3) is 0.188. The van der Waals surface area contributed by atoms with Gasteiger partial charge >= 0.3 is 5.97 Å². The van der Waals surface area contributed by atoms with Crippen LogP contribution >= 0.6 is 7.37 Å². The van der Waals surface area contributed by atoms with Gasteiger partial charge in [-0.25, -0.2) is 0 Å². The highest BCUT2D eigenvalue weighted by Gasteiger charge is 2.41. The van der Waals surface area contributed by atoms with Crippen molar-refractivity contribution < 1.29 is 19.0 Å². The third-order valence-corrected chi connectivity index (χ3v) is 6.57. The third kappa shape index (κ3) is 2.26. The van der Waals surface area contributed by atoms with Crippen LogP contribution in [0.5, 0.6) is 5.75 Å². The molecule has 21 heavy (non-hydrogen) atoms. The van der Waals surface area contributed by atoms with E-state index in [1.54, 1.807) is 25.1 Å². The average Bonchev–Trinajstić information content (AvgIpc) is 2.47. The molecule has 0 saturated heterocycles. The number of para-hydroxylation sites is 1. The molecule has 2 atom stereocenters. The van der Waals surface area contributed by atoms with Crippen LogP contribution in [0.15, 0.2) is 48.5 Å². The minimum atomic E-state index is -3.26. The van der Waals surface area contributed by atoms with Crippen molar-refractivity contribution in [2.24, 2.45) is 0 Å². The first-order chi connectivity index (χ1) is 10.0. The average molecular weight is 302 g/mol. The Hall–Kier alpha value is -2.06. The lowest BCUT2D eigenvalue weighted by Crippen LogP contribution is -2.26. The zero-order chi connectivity index (χ0) is 15.0. The molecule has 0 radical (unpaired) electrons. The summed E-state index contributed by atoms with van der Waals surface area (Å²) in [6.45, 7) is 1.67. The molecule has 2 unspecified atom stereocenters. The fourth-order valence-corrected chi connectivity index (χ4v) is 5.06. The van der Waals surface area contributed by atoms with Crippen molar-refractivity contribution in [1.29, 1.82) is 0 Å². The summed E-state index contributed by atoms with van der Waals surface area (Å²) in [6, 6.07) is 14.8. The minimum Gasteiger partial charge on any atom is -0.481 e. The molecule has 1 N–H and O–H groups in total. The van der Waals surface area contributed by atoms with Crippen LogP contribution in [0.1, 0.15) is 13.3 Å². The molecule has 1 heterocycles. The Morgan fingerprint density at radius 3 is 2.48 bits per heavy atom. The van der Waals surface area contributed by atoms with Crippen LogP contribution in [-0.4, -0.2) is 16.7 Å². The molecule has 0 aliphatic carbocycles. The molecule has 0 spiro atoms. The van der Waals surface area contributed by atoms with E-state index in [4.69, 9.17) is 9.63 Å². The first-order valence-corrected chi connectivity index (χ1v) is 8.42. The number of hydrogen-bond donors (Lipinski definition) is 1. The number of aliphatic carboxylic acids is 1. The van der Waals surface area contributed by atoms with Gasteiger partial charge in [-0.15, -0.1) is 0 Å². The quantitative estimate of drug-likeness (QED) is 0.881. The summed E-state index contributed by atoms with van der Waals surface area (Å²) in [6.07, 6.45) is -0.187. The van der Waals surface area contributed by atoms with Gasteiger partial charge in [0.15, 0.2) is 0 Å². The van der Waals surface area contributed by atoms with E-state index in [-0.39, 0.29) is 6.42 Å². The van der Waals surface area contributed by atoms with Crippen LogP contribution in [0.25, 0.3) is 11.1 Å². The molecular weight excluding hydrogens is 287 g/mol. The largest absolute Gasteiger partial charge is 0.481 e. The predicted octanol–water partition coefficient (Wildman–Crippen LogP) is 3.51. The zero-order valence-corrected chi connectivity index (χ0v) is 12.4. The van der Waals surface area contributed by atoms with Crippen molar-refractivity contribution in [3.8, 4) is 16.9 Å². The molecule has 4 nitrogen and oxygen atoms in total. The van der Waals surface area contributed by atoms with Gasteiger partial charge in [0.05, 0.1) is 17.4 Å². The molecule has 5 heteroatoms. The Morgan fingerprint density at radius 1 is 1.14 bits per heavy atom. The molecule has 1 aliphatic heterocycles. The van der Waals surface area contributed by atoms with Crippen molar-refractivity contribution in [3.63, 3.8) is 0 Å². The molecule has 0 bridgehead atoms. The van der Waals surface area contributed by atoms with Gasteiger partial charge in [-0.1, -0.05) is 43.3 Å². The smallest absolute Gasteiger partial charge is 0.304 e. The van der Waals surface area contributed by atoms with Crippen molar-refractivity contribution in [2.75, 3.05) is 0 Å². The van der Waals surface area contributed by atoms with Gasteiger partial charge in [0.2, 0.25) is 0 Å². The van der Waals surface area contributed by atoms with Gasteiger partial charge < -0.3 is 9.63 Å². The standard InChI is InChI=1S/C16H15O4P/c1-11(10-16(17)18)21(19)15-9-5-3-7-13(15)12-6-2-4-8-14(12)20-21/h2-9,11H,10H2,1H3,(H,17,18). The van der Waals surface area contributed by atoms with Gasteiger partial charge in [-0.05, 0) is 17.7 Å². The number of carboxylic acids is 1. The lowest BCUT2D eigenvalue weighted by atomic mass is 10.0. The topological polar surface area (TPSA) is 63.6 Å². The first-order valence-electron chi connectivity index (χ1n) is 6.72. The van der Waals surface area contributed by atoms with E-state index in [9.17, 15) is 9.36 Å². The van der Waals surface area contributed by atoms with E-state index >= 15 is 0 Å². The van der Waals surface area contributed by atoms with Gasteiger partial charge in [0.1, 0.15) is 5.75 Å². The zero-order valence-electron chi connectivity index (χ0n) is 11.5. The summed E-state index contributed by atoms with van der Waals surface area (Å²) in [5.74, 6) is -0.422.